The molecule has 0 atom stereocenters. The lowest BCUT2D eigenvalue weighted by Gasteiger charge is -2.11. The summed E-state index contributed by atoms with van der Waals surface area (Å²) in [6.45, 7) is 0.313. The maximum atomic E-state index is 13.2. The first-order valence-electron chi connectivity index (χ1n) is 5.96. The minimum atomic E-state index is -0.633. The molecular formula is C15H13F2NO2. The quantitative estimate of drug-likeness (QED) is 0.871. The van der Waals surface area contributed by atoms with E-state index in [0.29, 0.717) is 17.8 Å². The van der Waals surface area contributed by atoms with Gasteiger partial charge >= 0.3 is 5.97 Å². The van der Waals surface area contributed by atoms with Gasteiger partial charge in [-0.25, -0.2) is 13.6 Å². The summed E-state index contributed by atoms with van der Waals surface area (Å²) in [6.07, 6.45) is 0. The fraction of sp³-hybridized carbons (Fsp3) is 0.133. The van der Waals surface area contributed by atoms with Gasteiger partial charge in [-0.1, -0.05) is 12.1 Å². The lowest BCUT2D eigenvalue weighted by molar-refractivity contribution is 0.0601. The summed E-state index contributed by atoms with van der Waals surface area (Å²) in [6, 6.07) is 9.85. The number of benzene rings is 2. The van der Waals surface area contributed by atoms with Gasteiger partial charge in [0.25, 0.3) is 0 Å². The van der Waals surface area contributed by atoms with Crippen molar-refractivity contribution < 1.29 is 18.3 Å². The van der Waals surface area contributed by atoms with E-state index >= 15 is 0 Å². The maximum absolute atomic E-state index is 13.2. The molecule has 0 amide bonds. The molecular weight excluding hydrogens is 264 g/mol. The Hall–Kier alpha value is -2.43. The molecule has 5 heteroatoms. The van der Waals surface area contributed by atoms with Crippen molar-refractivity contribution in [2.75, 3.05) is 12.4 Å². The predicted molar refractivity (Wildman–Crippen MR) is 71.5 cm³/mol. The molecule has 0 saturated heterocycles. The van der Waals surface area contributed by atoms with Gasteiger partial charge in [-0.15, -0.1) is 0 Å². The van der Waals surface area contributed by atoms with Gasteiger partial charge in [-0.05, 0) is 35.9 Å². The molecule has 2 aromatic rings. The predicted octanol–water partition coefficient (Wildman–Crippen LogP) is 3.36. The summed E-state index contributed by atoms with van der Waals surface area (Å²) >= 11 is 0. The number of esters is 1. The smallest absolute Gasteiger partial charge is 0.340 e. The molecule has 20 heavy (non-hydrogen) atoms. The van der Waals surface area contributed by atoms with Crippen molar-refractivity contribution in [2.24, 2.45) is 0 Å². The summed E-state index contributed by atoms with van der Waals surface area (Å²) in [5.74, 6) is -1.50. The molecule has 0 bridgehead atoms. The molecule has 0 aliphatic rings. The normalized spacial score (nSPS) is 10.2. The van der Waals surface area contributed by atoms with Crippen LogP contribution in [0.3, 0.4) is 0 Å². The van der Waals surface area contributed by atoms with Gasteiger partial charge in [0, 0.05) is 12.2 Å². The number of nitrogens with one attached hydrogen (secondary N) is 1. The number of hydrogen-bond acceptors (Lipinski definition) is 3. The van der Waals surface area contributed by atoms with Gasteiger partial charge in [-0.2, -0.15) is 0 Å². The number of ether oxygens (including phenoxy) is 1. The van der Waals surface area contributed by atoms with Crippen LogP contribution in [0.4, 0.5) is 14.5 Å². The van der Waals surface area contributed by atoms with Crippen LogP contribution in [0, 0.1) is 11.6 Å². The Morgan fingerprint density at radius 2 is 1.90 bits per heavy atom. The molecule has 1 N–H and O–H groups in total. The SMILES string of the molecule is COC(=O)c1cc(F)ccc1NCc1cccc(F)c1. The third-order valence-corrected chi connectivity index (χ3v) is 2.76. The topological polar surface area (TPSA) is 38.3 Å². The summed E-state index contributed by atoms with van der Waals surface area (Å²) < 4.78 is 30.8. The Kier molecular flexibility index (Phi) is 4.30. The van der Waals surface area contributed by atoms with Gasteiger partial charge in [-0.3, -0.25) is 0 Å². The third kappa shape index (κ3) is 3.32. The second kappa shape index (κ2) is 6.14. The highest BCUT2D eigenvalue weighted by Gasteiger charge is 2.12. The fourth-order valence-corrected chi connectivity index (χ4v) is 1.79. The maximum Gasteiger partial charge on any atom is 0.340 e. The van der Waals surface area contributed by atoms with E-state index in [1.54, 1.807) is 12.1 Å². The summed E-state index contributed by atoms with van der Waals surface area (Å²) in [7, 11) is 1.23. The van der Waals surface area contributed by atoms with Gasteiger partial charge in [0.2, 0.25) is 0 Å². The van der Waals surface area contributed by atoms with Crippen LogP contribution < -0.4 is 5.32 Å². The number of rotatable bonds is 4. The fourth-order valence-electron chi connectivity index (χ4n) is 1.79. The lowest BCUT2D eigenvalue weighted by atomic mass is 10.1. The zero-order valence-electron chi connectivity index (χ0n) is 10.8. The Morgan fingerprint density at radius 1 is 1.15 bits per heavy atom. The Morgan fingerprint density at radius 3 is 2.60 bits per heavy atom. The Balaban J connectivity index is 2.19. The molecule has 0 aliphatic heterocycles. The van der Waals surface area contributed by atoms with Crippen molar-refractivity contribution in [1.82, 2.24) is 0 Å². The molecule has 0 spiro atoms. The molecule has 104 valence electrons. The van der Waals surface area contributed by atoms with E-state index in [1.807, 2.05) is 0 Å². The summed E-state index contributed by atoms with van der Waals surface area (Å²) in [5.41, 5.74) is 1.25. The van der Waals surface area contributed by atoms with E-state index in [9.17, 15) is 13.6 Å². The first kappa shape index (κ1) is 14.0. The molecule has 3 nitrogen and oxygen atoms in total. The number of anilines is 1. The van der Waals surface area contributed by atoms with Gasteiger partial charge in [0.1, 0.15) is 11.6 Å². The molecule has 0 heterocycles. The molecule has 2 aromatic carbocycles. The van der Waals surface area contributed by atoms with E-state index in [4.69, 9.17) is 0 Å². The number of carbonyl (C=O) groups is 1. The summed E-state index contributed by atoms with van der Waals surface area (Å²) in [5, 5.41) is 2.97. The molecule has 0 aromatic heterocycles. The number of hydrogen-bond donors (Lipinski definition) is 1. The largest absolute Gasteiger partial charge is 0.465 e. The third-order valence-electron chi connectivity index (χ3n) is 2.76. The second-order valence-corrected chi connectivity index (χ2v) is 4.16. The van der Waals surface area contributed by atoms with Crippen molar-refractivity contribution in [3.05, 3.63) is 65.2 Å². The monoisotopic (exact) mass is 277 g/mol. The minimum absolute atomic E-state index is 0.101. The van der Waals surface area contributed by atoms with Gasteiger partial charge in [0.05, 0.1) is 12.7 Å². The van der Waals surface area contributed by atoms with Crippen LogP contribution in [0.1, 0.15) is 15.9 Å². The first-order valence-corrected chi connectivity index (χ1v) is 5.96. The second-order valence-electron chi connectivity index (χ2n) is 4.16. The van der Waals surface area contributed by atoms with E-state index in [0.717, 1.165) is 6.07 Å². The van der Waals surface area contributed by atoms with Crippen LogP contribution in [0.15, 0.2) is 42.5 Å². The zero-order chi connectivity index (χ0) is 14.5. The van der Waals surface area contributed by atoms with E-state index in [2.05, 4.69) is 10.1 Å². The zero-order valence-corrected chi connectivity index (χ0v) is 10.8. The molecule has 0 saturated carbocycles. The lowest BCUT2D eigenvalue weighted by Crippen LogP contribution is -2.09. The molecule has 0 unspecified atom stereocenters. The van der Waals surface area contributed by atoms with E-state index < -0.39 is 11.8 Å². The van der Waals surface area contributed by atoms with Crippen LogP contribution in [0.25, 0.3) is 0 Å². The van der Waals surface area contributed by atoms with Crippen molar-refractivity contribution in [1.29, 1.82) is 0 Å². The average molecular weight is 277 g/mol. The number of methoxy groups -OCH3 is 1. The van der Waals surface area contributed by atoms with Crippen LogP contribution in [-0.2, 0) is 11.3 Å². The Labute approximate surface area is 115 Å². The minimum Gasteiger partial charge on any atom is -0.465 e. The van der Waals surface area contributed by atoms with Crippen molar-refractivity contribution >= 4 is 11.7 Å². The van der Waals surface area contributed by atoms with Crippen molar-refractivity contribution in [3.63, 3.8) is 0 Å². The summed E-state index contributed by atoms with van der Waals surface area (Å²) in [4.78, 5) is 11.6. The van der Waals surface area contributed by atoms with Crippen LogP contribution in [-0.4, -0.2) is 13.1 Å². The number of carbonyl (C=O) groups excluding carboxylic acids is 1. The van der Waals surface area contributed by atoms with Crippen LogP contribution >= 0.6 is 0 Å². The molecule has 0 aliphatic carbocycles. The van der Waals surface area contributed by atoms with Gasteiger partial charge in [0.15, 0.2) is 0 Å². The van der Waals surface area contributed by atoms with Crippen molar-refractivity contribution in [3.8, 4) is 0 Å². The molecule has 0 fully saturated rings. The van der Waals surface area contributed by atoms with E-state index in [-0.39, 0.29) is 11.4 Å². The number of halogens is 2. The highest BCUT2D eigenvalue weighted by Crippen LogP contribution is 2.19. The van der Waals surface area contributed by atoms with Crippen molar-refractivity contribution in [2.45, 2.75) is 6.54 Å². The van der Waals surface area contributed by atoms with Gasteiger partial charge < -0.3 is 10.1 Å². The van der Waals surface area contributed by atoms with Crippen LogP contribution in [0.5, 0.6) is 0 Å². The molecule has 2 rings (SSSR count). The standard InChI is InChI=1S/C15H13F2NO2/c1-20-15(19)13-8-12(17)5-6-14(13)18-9-10-3-2-4-11(16)7-10/h2-8,18H,9H2,1H3. The first-order chi connectivity index (χ1) is 9.60. The Bertz CT molecular complexity index is 629. The van der Waals surface area contributed by atoms with E-state index in [1.165, 1.54) is 31.4 Å². The van der Waals surface area contributed by atoms with Crippen LogP contribution in [0.2, 0.25) is 0 Å². The average Bonchev–Trinajstić information content (AvgIpc) is 2.45. The molecule has 0 radical (unpaired) electrons. The highest BCUT2D eigenvalue weighted by molar-refractivity contribution is 5.95. The highest BCUT2D eigenvalue weighted by atomic mass is 19.1.